The van der Waals surface area contributed by atoms with Crippen LogP contribution in [0.3, 0.4) is 0 Å². The molecule has 2 N–H and O–H groups in total. The minimum Gasteiger partial charge on any atom is -0.492 e. The Labute approximate surface area is 144 Å². The number of hydrogen-bond donors (Lipinski definition) is 1. The Hall–Kier alpha value is -2.17. The molecule has 1 aliphatic heterocycles. The second-order valence-corrected chi connectivity index (χ2v) is 7.04. The lowest BCUT2D eigenvalue weighted by molar-refractivity contribution is 0.0270. The summed E-state index contributed by atoms with van der Waals surface area (Å²) in [5.74, 6) is 0.716. The molecule has 0 saturated heterocycles. The number of benzene rings is 1. The first kappa shape index (κ1) is 18.2. The number of rotatable bonds is 3. The first-order valence-corrected chi connectivity index (χ1v) is 8.41. The van der Waals surface area contributed by atoms with Gasteiger partial charge in [-0.3, -0.25) is 0 Å². The normalized spacial score (nSPS) is 15.0. The molecule has 1 aromatic carbocycles. The van der Waals surface area contributed by atoms with E-state index in [9.17, 15) is 4.79 Å². The van der Waals surface area contributed by atoms with Gasteiger partial charge in [0.15, 0.2) is 0 Å². The van der Waals surface area contributed by atoms with Gasteiger partial charge < -0.3 is 20.1 Å². The van der Waals surface area contributed by atoms with Crippen LogP contribution >= 0.6 is 0 Å². The predicted molar refractivity (Wildman–Crippen MR) is 97.2 cm³/mol. The topological polar surface area (TPSA) is 64.8 Å². The molecule has 132 valence electrons. The van der Waals surface area contributed by atoms with Gasteiger partial charge in [0, 0.05) is 13.1 Å². The maximum absolute atomic E-state index is 12.1. The summed E-state index contributed by atoms with van der Waals surface area (Å²) in [4.78, 5) is 13.9. The fourth-order valence-corrected chi connectivity index (χ4v) is 2.74. The molecule has 5 nitrogen and oxygen atoms in total. The molecule has 0 atom stereocenters. The first-order valence-electron chi connectivity index (χ1n) is 8.41. The van der Waals surface area contributed by atoms with Crippen LogP contribution in [0.5, 0.6) is 5.75 Å². The number of nitrogens with two attached hydrogens (primary N) is 1. The van der Waals surface area contributed by atoms with E-state index in [1.54, 1.807) is 4.90 Å². The lowest BCUT2D eigenvalue weighted by Crippen LogP contribution is -2.39. The highest BCUT2D eigenvalue weighted by molar-refractivity contribution is 5.76. The molecule has 0 unspecified atom stereocenters. The number of amides is 1. The van der Waals surface area contributed by atoms with Crippen LogP contribution in [0.2, 0.25) is 0 Å². The molecule has 0 aliphatic carbocycles. The zero-order chi connectivity index (χ0) is 17.9. The van der Waals surface area contributed by atoms with Crippen molar-refractivity contribution in [2.45, 2.75) is 46.6 Å². The first-order chi connectivity index (χ1) is 11.2. The Morgan fingerprint density at radius 3 is 2.58 bits per heavy atom. The molecule has 0 spiro atoms. The van der Waals surface area contributed by atoms with Crippen LogP contribution in [0, 0.1) is 6.92 Å². The van der Waals surface area contributed by atoms with Crippen LogP contribution < -0.4 is 10.5 Å². The Bertz CT molecular complexity index is 645. The molecular weight excluding hydrogens is 304 g/mol. The van der Waals surface area contributed by atoms with E-state index < -0.39 is 5.60 Å². The van der Waals surface area contributed by atoms with Crippen molar-refractivity contribution in [3.8, 4) is 5.75 Å². The number of carbonyl (C=O) groups is 1. The number of ether oxygens (including phenoxy) is 2. The van der Waals surface area contributed by atoms with Crippen LogP contribution in [0.25, 0.3) is 5.57 Å². The molecule has 5 heteroatoms. The number of carbonyl (C=O) groups excluding carboxylic acids is 1. The summed E-state index contributed by atoms with van der Waals surface area (Å²) in [6, 6.07) is 3.95. The van der Waals surface area contributed by atoms with E-state index in [2.05, 4.69) is 6.08 Å². The smallest absolute Gasteiger partial charge is 0.410 e. The van der Waals surface area contributed by atoms with Gasteiger partial charge in [0.05, 0.1) is 12.3 Å². The fraction of sp³-hybridized carbons (Fsp3) is 0.526. The van der Waals surface area contributed by atoms with E-state index in [1.165, 1.54) is 5.57 Å². The summed E-state index contributed by atoms with van der Waals surface area (Å²) in [6.45, 7) is 11.4. The van der Waals surface area contributed by atoms with Gasteiger partial charge in [0.1, 0.15) is 11.4 Å². The highest BCUT2D eigenvalue weighted by atomic mass is 16.6. The number of hydrogen-bond acceptors (Lipinski definition) is 4. The highest BCUT2D eigenvalue weighted by Crippen LogP contribution is 2.32. The molecule has 0 radical (unpaired) electrons. The zero-order valence-electron chi connectivity index (χ0n) is 15.3. The van der Waals surface area contributed by atoms with E-state index >= 15 is 0 Å². The minimum absolute atomic E-state index is 0.262. The molecule has 1 heterocycles. The minimum atomic E-state index is -0.471. The fourth-order valence-electron chi connectivity index (χ4n) is 2.74. The number of nitrogens with zero attached hydrogens (tertiary/aromatic N) is 1. The third-order valence-corrected chi connectivity index (χ3v) is 3.86. The quantitative estimate of drug-likeness (QED) is 0.850. The molecule has 1 amide bonds. The lowest BCUT2D eigenvalue weighted by Gasteiger charge is -2.30. The van der Waals surface area contributed by atoms with Crippen molar-refractivity contribution >= 4 is 17.4 Å². The van der Waals surface area contributed by atoms with E-state index in [4.69, 9.17) is 15.2 Å². The molecule has 1 aliphatic rings. The molecule has 0 fully saturated rings. The van der Waals surface area contributed by atoms with E-state index in [0.717, 1.165) is 17.5 Å². The maximum Gasteiger partial charge on any atom is 0.410 e. The summed E-state index contributed by atoms with van der Waals surface area (Å²) in [7, 11) is 0. The standard InChI is InChI=1S/C19H28N2O3/c1-6-23-17-12-15(13(2)11-16(17)20)14-7-9-21(10-8-14)18(22)24-19(3,4)5/h7,11-12H,6,8-10,20H2,1-5H3. The number of aryl methyl sites for hydroxylation is 1. The van der Waals surface area contributed by atoms with Crippen LogP contribution in [-0.2, 0) is 4.74 Å². The van der Waals surface area contributed by atoms with Crippen LogP contribution in [-0.4, -0.2) is 36.3 Å². The SMILES string of the molecule is CCOc1cc(C2=CCN(C(=O)OC(C)(C)C)CC2)c(C)cc1N. The average Bonchev–Trinajstić information content (AvgIpc) is 2.48. The number of anilines is 1. The van der Waals surface area contributed by atoms with E-state index in [-0.39, 0.29) is 6.09 Å². The average molecular weight is 332 g/mol. The van der Waals surface area contributed by atoms with Gasteiger partial charge in [-0.1, -0.05) is 6.08 Å². The van der Waals surface area contributed by atoms with Gasteiger partial charge in [-0.2, -0.15) is 0 Å². The second kappa shape index (κ2) is 7.16. The molecule has 0 bridgehead atoms. The van der Waals surface area contributed by atoms with Crippen molar-refractivity contribution in [3.05, 3.63) is 29.3 Å². The summed E-state index contributed by atoms with van der Waals surface area (Å²) < 4.78 is 11.0. The summed E-state index contributed by atoms with van der Waals surface area (Å²) >= 11 is 0. The van der Waals surface area contributed by atoms with Gasteiger partial charge in [0.25, 0.3) is 0 Å². The van der Waals surface area contributed by atoms with Gasteiger partial charge in [-0.25, -0.2) is 4.79 Å². The Morgan fingerprint density at radius 1 is 1.33 bits per heavy atom. The predicted octanol–water partition coefficient (Wildman–Crippen LogP) is 4.00. The summed E-state index contributed by atoms with van der Waals surface area (Å²) in [5, 5.41) is 0. The largest absolute Gasteiger partial charge is 0.492 e. The van der Waals surface area contributed by atoms with Crippen LogP contribution in [0.4, 0.5) is 10.5 Å². The van der Waals surface area contributed by atoms with E-state index in [1.807, 2.05) is 46.8 Å². The van der Waals surface area contributed by atoms with Crippen molar-refractivity contribution in [2.24, 2.45) is 0 Å². The Balaban J connectivity index is 2.15. The van der Waals surface area contributed by atoms with Crippen molar-refractivity contribution in [2.75, 3.05) is 25.4 Å². The molecule has 0 saturated carbocycles. The van der Waals surface area contributed by atoms with Crippen molar-refractivity contribution < 1.29 is 14.3 Å². The monoisotopic (exact) mass is 332 g/mol. The third-order valence-electron chi connectivity index (χ3n) is 3.86. The zero-order valence-corrected chi connectivity index (χ0v) is 15.3. The van der Waals surface area contributed by atoms with Gasteiger partial charge in [-0.05, 0) is 69.9 Å². The molecule has 1 aromatic rings. The van der Waals surface area contributed by atoms with E-state index in [0.29, 0.717) is 31.1 Å². The Morgan fingerprint density at radius 2 is 2.04 bits per heavy atom. The van der Waals surface area contributed by atoms with Crippen molar-refractivity contribution in [3.63, 3.8) is 0 Å². The third kappa shape index (κ3) is 4.43. The molecular formula is C19H28N2O3. The lowest BCUT2D eigenvalue weighted by atomic mass is 9.95. The maximum atomic E-state index is 12.1. The second-order valence-electron chi connectivity index (χ2n) is 7.04. The van der Waals surface area contributed by atoms with Crippen molar-refractivity contribution in [1.29, 1.82) is 0 Å². The van der Waals surface area contributed by atoms with Crippen molar-refractivity contribution in [1.82, 2.24) is 4.90 Å². The van der Waals surface area contributed by atoms with Gasteiger partial charge >= 0.3 is 6.09 Å². The number of nitrogen functional groups attached to an aromatic ring is 1. The van der Waals surface area contributed by atoms with Crippen LogP contribution in [0.1, 0.15) is 45.2 Å². The highest BCUT2D eigenvalue weighted by Gasteiger charge is 2.24. The Kier molecular flexibility index (Phi) is 5.42. The van der Waals surface area contributed by atoms with Crippen LogP contribution in [0.15, 0.2) is 18.2 Å². The molecule has 2 rings (SSSR count). The van der Waals surface area contributed by atoms with Gasteiger partial charge in [0.2, 0.25) is 0 Å². The van der Waals surface area contributed by atoms with Gasteiger partial charge in [-0.15, -0.1) is 0 Å². The summed E-state index contributed by atoms with van der Waals surface area (Å²) in [5.41, 5.74) is 9.67. The summed E-state index contributed by atoms with van der Waals surface area (Å²) in [6.07, 6.45) is 2.61. The molecule has 0 aromatic heterocycles. The molecule has 24 heavy (non-hydrogen) atoms.